The summed E-state index contributed by atoms with van der Waals surface area (Å²) in [5.41, 5.74) is 1.09. The van der Waals surface area contributed by atoms with Crippen molar-refractivity contribution in [2.24, 2.45) is 0 Å². The standard InChI is InChI=1S/C17H20N4O2/c22-17(18-12-14-6-2-1-3-7-14)21-11-5-8-15(13-21)23-16-9-4-10-19-20-16/h1-4,6-7,9-10,15H,5,8,11-13H2,(H,18,22). The SMILES string of the molecule is O=C(NCc1ccccc1)N1CCCC(Oc2cccnn2)C1. The number of rotatable bonds is 4. The smallest absolute Gasteiger partial charge is 0.317 e. The molecule has 2 heterocycles. The Bertz CT molecular complexity index is 621. The van der Waals surface area contributed by atoms with E-state index in [0.717, 1.165) is 24.9 Å². The van der Waals surface area contributed by atoms with Crippen LogP contribution in [0.4, 0.5) is 4.79 Å². The quantitative estimate of drug-likeness (QED) is 0.940. The molecule has 1 aromatic carbocycles. The minimum absolute atomic E-state index is 0.0390. The molecule has 1 fully saturated rings. The molecule has 23 heavy (non-hydrogen) atoms. The third-order valence-electron chi connectivity index (χ3n) is 3.79. The van der Waals surface area contributed by atoms with Gasteiger partial charge in [-0.3, -0.25) is 0 Å². The third-order valence-corrected chi connectivity index (χ3v) is 3.79. The Labute approximate surface area is 135 Å². The van der Waals surface area contributed by atoms with Crippen LogP contribution in [-0.2, 0) is 6.54 Å². The first-order valence-corrected chi connectivity index (χ1v) is 7.82. The first kappa shape index (κ1) is 15.3. The van der Waals surface area contributed by atoms with Crippen LogP contribution in [0.25, 0.3) is 0 Å². The molecular weight excluding hydrogens is 292 g/mol. The zero-order chi connectivity index (χ0) is 15.9. The molecular formula is C17H20N4O2. The van der Waals surface area contributed by atoms with E-state index in [1.165, 1.54) is 0 Å². The second-order valence-electron chi connectivity index (χ2n) is 5.53. The van der Waals surface area contributed by atoms with Crippen molar-refractivity contribution < 1.29 is 9.53 Å². The lowest BCUT2D eigenvalue weighted by atomic mass is 10.1. The molecule has 6 heteroatoms. The van der Waals surface area contributed by atoms with Gasteiger partial charge in [0.15, 0.2) is 0 Å². The van der Waals surface area contributed by atoms with E-state index in [4.69, 9.17) is 4.74 Å². The fraction of sp³-hybridized carbons (Fsp3) is 0.353. The maximum atomic E-state index is 12.3. The fourth-order valence-electron chi connectivity index (χ4n) is 2.63. The number of aromatic nitrogens is 2. The number of benzene rings is 1. The number of piperidine rings is 1. The van der Waals surface area contributed by atoms with Crippen molar-refractivity contribution in [1.29, 1.82) is 0 Å². The topological polar surface area (TPSA) is 67.4 Å². The highest BCUT2D eigenvalue weighted by Gasteiger charge is 2.25. The highest BCUT2D eigenvalue weighted by Crippen LogP contribution is 2.16. The van der Waals surface area contributed by atoms with Crippen molar-refractivity contribution in [2.75, 3.05) is 13.1 Å². The van der Waals surface area contributed by atoms with Crippen molar-refractivity contribution in [3.63, 3.8) is 0 Å². The fourth-order valence-corrected chi connectivity index (χ4v) is 2.63. The molecule has 3 rings (SSSR count). The van der Waals surface area contributed by atoms with E-state index in [-0.39, 0.29) is 12.1 Å². The zero-order valence-corrected chi connectivity index (χ0v) is 12.9. The molecule has 0 radical (unpaired) electrons. The number of amides is 2. The van der Waals surface area contributed by atoms with E-state index in [2.05, 4.69) is 15.5 Å². The number of carbonyl (C=O) groups excluding carboxylic acids is 1. The van der Waals surface area contributed by atoms with E-state index in [9.17, 15) is 4.79 Å². The van der Waals surface area contributed by atoms with Crippen molar-refractivity contribution in [3.8, 4) is 5.88 Å². The van der Waals surface area contributed by atoms with Crippen LogP contribution < -0.4 is 10.1 Å². The summed E-state index contributed by atoms with van der Waals surface area (Å²) in [4.78, 5) is 14.1. The summed E-state index contributed by atoms with van der Waals surface area (Å²) < 4.78 is 5.80. The van der Waals surface area contributed by atoms with Crippen LogP contribution in [0.5, 0.6) is 5.88 Å². The minimum Gasteiger partial charge on any atom is -0.471 e. The first-order chi connectivity index (χ1) is 11.3. The van der Waals surface area contributed by atoms with Gasteiger partial charge in [0, 0.05) is 25.4 Å². The summed E-state index contributed by atoms with van der Waals surface area (Å²) in [6.45, 7) is 1.85. The molecule has 1 atom stereocenters. The van der Waals surface area contributed by atoms with Gasteiger partial charge >= 0.3 is 6.03 Å². The Morgan fingerprint density at radius 3 is 2.91 bits per heavy atom. The van der Waals surface area contributed by atoms with Crippen molar-refractivity contribution in [3.05, 3.63) is 54.2 Å². The molecule has 0 bridgehead atoms. The molecule has 1 aromatic heterocycles. The number of ether oxygens (including phenoxy) is 1. The van der Waals surface area contributed by atoms with Crippen LogP contribution in [0.3, 0.4) is 0 Å². The maximum absolute atomic E-state index is 12.3. The second-order valence-corrected chi connectivity index (χ2v) is 5.53. The summed E-state index contributed by atoms with van der Waals surface area (Å²) in [5.74, 6) is 0.504. The van der Waals surface area contributed by atoms with Gasteiger partial charge < -0.3 is 15.0 Å². The maximum Gasteiger partial charge on any atom is 0.317 e. The minimum atomic E-state index is -0.0544. The number of nitrogens with zero attached hydrogens (tertiary/aromatic N) is 3. The van der Waals surface area contributed by atoms with Crippen molar-refractivity contribution >= 4 is 6.03 Å². The molecule has 0 aliphatic carbocycles. The summed E-state index contributed by atoms with van der Waals surface area (Å²) in [7, 11) is 0. The van der Waals surface area contributed by atoms with Crippen LogP contribution in [0.2, 0.25) is 0 Å². The molecule has 0 spiro atoms. The summed E-state index contributed by atoms with van der Waals surface area (Å²) in [6.07, 6.45) is 3.41. The molecule has 120 valence electrons. The Morgan fingerprint density at radius 1 is 1.26 bits per heavy atom. The highest BCUT2D eigenvalue weighted by molar-refractivity contribution is 5.74. The monoisotopic (exact) mass is 312 g/mol. The summed E-state index contributed by atoms with van der Waals surface area (Å²) >= 11 is 0. The largest absolute Gasteiger partial charge is 0.471 e. The Kier molecular flexibility index (Phi) is 5.03. The molecule has 0 saturated carbocycles. The second kappa shape index (κ2) is 7.58. The van der Waals surface area contributed by atoms with Crippen molar-refractivity contribution in [1.82, 2.24) is 20.4 Å². The van der Waals surface area contributed by atoms with Gasteiger partial charge in [-0.05, 0) is 24.5 Å². The zero-order valence-electron chi connectivity index (χ0n) is 12.9. The molecule has 1 unspecified atom stereocenters. The van der Waals surface area contributed by atoms with Gasteiger partial charge in [-0.2, -0.15) is 5.10 Å². The molecule has 2 amide bonds. The van der Waals surface area contributed by atoms with Gasteiger partial charge in [0.05, 0.1) is 6.54 Å². The van der Waals surface area contributed by atoms with E-state index in [1.807, 2.05) is 30.3 Å². The van der Waals surface area contributed by atoms with Gasteiger partial charge in [-0.25, -0.2) is 4.79 Å². The average molecular weight is 312 g/mol. The molecule has 1 aliphatic rings. The van der Waals surface area contributed by atoms with Gasteiger partial charge in [0.2, 0.25) is 5.88 Å². The number of urea groups is 1. The van der Waals surface area contributed by atoms with Crippen LogP contribution in [0, 0.1) is 0 Å². The van der Waals surface area contributed by atoms with Crippen molar-refractivity contribution in [2.45, 2.75) is 25.5 Å². The van der Waals surface area contributed by atoms with Crippen LogP contribution in [0.15, 0.2) is 48.7 Å². The molecule has 1 saturated heterocycles. The average Bonchev–Trinajstić information content (AvgIpc) is 2.62. The Hall–Kier alpha value is -2.63. The van der Waals surface area contributed by atoms with Gasteiger partial charge in [0.1, 0.15) is 6.10 Å². The number of carbonyl (C=O) groups is 1. The predicted molar refractivity (Wildman–Crippen MR) is 85.9 cm³/mol. The Morgan fingerprint density at radius 2 is 2.13 bits per heavy atom. The Balaban J connectivity index is 1.50. The van der Waals surface area contributed by atoms with Crippen LogP contribution in [0.1, 0.15) is 18.4 Å². The molecule has 2 aromatic rings. The van der Waals surface area contributed by atoms with Gasteiger partial charge in [0.25, 0.3) is 0 Å². The number of nitrogens with one attached hydrogen (secondary N) is 1. The van der Waals surface area contributed by atoms with Crippen LogP contribution in [-0.4, -0.2) is 40.3 Å². The normalized spacial score (nSPS) is 17.6. The predicted octanol–water partition coefficient (Wildman–Crippen LogP) is 2.23. The van der Waals surface area contributed by atoms with E-state index >= 15 is 0 Å². The third kappa shape index (κ3) is 4.42. The van der Waals surface area contributed by atoms with Gasteiger partial charge in [-0.15, -0.1) is 5.10 Å². The van der Waals surface area contributed by atoms with Crippen LogP contribution >= 0.6 is 0 Å². The molecule has 6 nitrogen and oxygen atoms in total. The van der Waals surface area contributed by atoms with E-state index in [1.54, 1.807) is 23.2 Å². The molecule has 1 aliphatic heterocycles. The lowest BCUT2D eigenvalue weighted by molar-refractivity contribution is 0.0969. The number of likely N-dealkylation sites (tertiary alicyclic amines) is 1. The molecule has 1 N–H and O–H groups in total. The highest BCUT2D eigenvalue weighted by atomic mass is 16.5. The van der Waals surface area contributed by atoms with E-state index in [0.29, 0.717) is 19.0 Å². The van der Waals surface area contributed by atoms with Gasteiger partial charge in [-0.1, -0.05) is 30.3 Å². The lowest BCUT2D eigenvalue weighted by Gasteiger charge is -2.32. The van der Waals surface area contributed by atoms with E-state index < -0.39 is 0 Å². The number of hydrogen-bond acceptors (Lipinski definition) is 4. The first-order valence-electron chi connectivity index (χ1n) is 7.82. The summed E-state index contributed by atoms with van der Waals surface area (Å²) in [6, 6.07) is 13.4. The lowest BCUT2D eigenvalue weighted by Crippen LogP contribution is -2.48. The number of hydrogen-bond donors (Lipinski definition) is 1. The summed E-state index contributed by atoms with van der Waals surface area (Å²) in [5, 5.41) is 10.7.